The molecule has 0 aliphatic carbocycles. The van der Waals surface area contributed by atoms with Crippen molar-refractivity contribution in [2.75, 3.05) is 19.6 Å². The SMILES string of the molecule is CCN1CCC(n2cc(-c3cnc4cnn(S(=O)(=O)c5cnc6ccccn56)c4c3)cn2)CC1. The minimum atomic E-state index is -3.98. The number of fused-ring (bicyclic) bond motifs is 2. The van der Waals surface area contributed by atoms with Crippen molar-refractivity contribution in [1.82, 2.24) is 38.2 Å². The summed E-state index contributed by atoms with van der Waals surface area (Å²) >= 11 is 0. The van der Waals surface area contributed by atoms with Gasteiger partial charge in [-0.1, -0.05) is 13.0 Å². The predicted octanol–water partition coefficient (Wildman–Crippen LogP) is 2.84. The lowest BCUT2D eigenvalue weighted by molar-refractivity contribution is 0.187. The number of hydrogen-bond acceptors (Lipinski definition) is 7. The summed E-state index contributed by atoms with van der Waals surface area (Å²) in [6.45, 7) is 5.42. The second-order valence-corrected chi connectivity index (χ2v) is 10.2. The van der Waals surface area contributed by atoms with E-state index < -0.39 is 10.0 Å². The second-order valence-electron chi connectivity index (χ2n) is 8.52. The molecule has 0 spiro atoms. The fraction of sp³-hybridized carbons (Fsp3) is 0.304. The maximum absolute atomic E-state index is 13.5. The molecule has 1 aliphatic rings. The summed E-state index contributed by atoms with van der Waals surface area (Å²) in [7, 11) is -3.98. The van der Waals surface area contributed by atoms with Gasteiger partial charge in [-0.25, -0.2) is 4.98 Å². The van der Waals surface area contributed by atoms with Crippen LogP contribution in [0.4, 0.5) is 0 Å². The second kappa shape index (κ2) is 8.03. The quantitative estimate of drug-likeness (QED) is 0.384. The molecule has 6 rings (SSSR count). The van der Waals surface area contributed by atoms with Crippen LogP contribution in [0.1, 0.15) is 25.8 Å². The topological polar surface area (TPSA) is 103 Å². The fourth-order valence-electron chi connectivity index (χ4n) is 4.61. The van der Waals surface area contributed by atoms with Gasteiger partial charge in [-0.3, -0.25) is 14.1 Å². The van der Waals surface area contributed by atoms with E-state index in [0.29, 0.717) is 22.7 Å². The molecule has 1 aliphatic heterocycles. The summed E-state index contributed by atoms with van der Waals surface area (Å²) < 4.78 is 31.6. The third kappa shape index (κ3) is 3.39. The summed E-state index contributed by atoms with van der Waals surface area (Å²) in [6, 6.07) is 7.50. The van der Waals surface area contributed by atoms with Gasteiger partial charge < -0.3 is 4.90 Å². The van der Waals surface area contributed by atoms with Crippen molar-refractivity contribution >= 4 is 26.7 Å². The summed E-state index contributed by atoms with van der Waals surface area (Å²) in [5.74, 6) is 0. The van der Waals surface area contributed by atoms with Gasteiger partial charge in [0, 0.05) is 42.8 Å². The highest BCUT2D eigenvalue weighted by Crippen LogP contribution is 2.28. The highest BCUT2D eigenvalue weighted by Gasteiger charge is 2.25. The van der Waals surface area contributed by atoms with Gasteiger partial charge in [-0.15, -0.1) is 0 Å². The third-order valence-corrected chi connectivity index (χ3v) is 8.15. The van der Waals surface area contributed by atoms with Gasteiger partial charge in [0.05, 0.1) is 24.6 Å². The molecule has 5 aromatic rings. The fourth-order valence-corrected chi connectivity index (χ4v) is 5.95. The van der Waals surface area contributed by atoms with Crippen LogP contribution in [0.25, 0.3) is 27.8 Å². The van der Waals surface area contributed by atoms with Gasteiger partial charge in [-0.2, -0.15) is 22.7 Å². The zero-order valence-electron chi connectivity index (χ0n) is 18.7. The molecule has 174 valence electrons. The number of hydrogen-bond donors (Lipinski definition) is 0. The molecule has 5 aromatic heterocycles. The number of imidazole rings is 1. The van der Waals surface area contributed by atoms with Gasteiger partial charge in [-0.05, 0) is 37.6 Å². The van der Waals surface area contributed by atoms with E-state index in [0.717, 1.165) is 47.7 Å². The van der Waals surface area contributed by atoms with Crippen LogP contribution in [-0.4, -0.2) is 66.3 Å². The van der Waals surface area contributed by atoms with Gasteiger partial charge in [0.1, 0.15) is 16.7 Å². The highest BCUT2D eigenvalue weighted by atomic mass is 32.2. The van der Waals surface area contributed by atoms with Crippen LogP contribution in [0.5, 0.6) is 0 Å². The van der Waals surface area contributed by atoms with E-state index in [9.17, 15) is 8.42 Å². The molecule has 10 nitrogen and oxygen atoms in total. The number of piperidine rings is 1. The molecule has 0 N–H and O–H groups in total. The Labute approximate surface area is 196 Å². The molecular weight excluding hydrogens is 452 g/mol. The van der Waals surface area contributed by atoms with Crippen LogP contribution >= 0.6 is 0 Å². The van der Waals surface area contributed by atoms with Crippen molar-refractivity contribution in [3.05, 3.63) is 61.4 Å². The van der Waals surface area contributed by atoms with E-state index in [1.54, 1.807) is 30.6 Å². The first kappa shape index (κ1) is 21.0. The van der Waals surface area contributed by atoms with E-state index in [-0.39, 0.29) is 5.03 Å². The molecule has 0 radical (unpaired) electrons. The highest BCUT2D eigenvalue weighted by molar-refractivity contribution is 7.90. The van der Waals surface area contributed by atoms with Crippen LogP contribution in [0, 0.1) is 0 Å². The van der Waals surface area contributed by atoms with Crippen LogP contribution < -0.4 is 0 Å². The van der Waals surface area contributed by atoms with Crippen LogP contribution in [0.2, 0.25) is 0 Å². The molecule has 0 bridgehead atoms. The molecule has 0 atom stereocenters. The molecule has 11 heteroatoms. The number of rotatable bonds is 5. The van der Waals surface area contributed by atoms with Crippen molar-refractivity contribution in [1.29, 1.82) is 0 Å². The number of likely N-dealkylation sites (tertiary alicyclic amines) is 1. The van der Waals surface area contributed by atoms with Crippen LogP contribution in [0.3, 0.4) is 0 Å². The maximum atomic E-state index is 13.5. The Balaban J connectivity index is 1.36. The Hall–Kier alpha value is -3.57. The Bertz CT molecular complexity index is 1590. The predicted molar refractivity (Wildman–Crippen MR) is 127 cm³/mol. The monoisotopic (exact) mass is 476 g/mol. The van der Waals surface area contributed by atoms with Crippen molar-refractivity contribution in [2.45, 2.75) is 30.8 Å². The van der Waals surface area contributed by atoms with E-state index in [1.807, 2.05) is 23.1 Å². The van der Waals surface area contributed by atoms with Crippen molar-refractivity contribution in [3.63, 3.8) is 0 Å². The normalized spacial score (nSPS) is 16.0. The molecule has 0 amide bonds. The van der Waals surface area contributed by atoms with E-state index >= 15 is 0 Å². The standard InChI is InChI=1S/C23H24N8O2S/c1-2-28-9-6-19(7-10-28)30-16-18(13-26-30)17-11-21-20(24-12-17)14-27-31(21)34(32,33)23-15-25-22-5-3-4-8-29(22)23/h3-5,8,11-16,19H,2,6-7,9-10H2,1H3. The molecule has 0 unspecified atom stereocenters. The number of aromatic nitrogens is 7. The molecular formula is C23H24N8O2S. The lowest BCUT2D eigenvalue weighted by Crippen LogP contribution is -2.34. The smallest absolute Gasteiger partial charge is 0.301 e. The molecule has 1 saturated heterocycles. The van der Waals surface area contributed by atoms with Gasteiger partial charge in [0.25, 0.3) is 0 Å². The Morgan fingerprint density at radius 1 is 1.00 bits per heavy atom. The minimum absolute atomic E-state index is 0.0461. The van der Waals surface area contributed by atoms with E-state index in [2.05, 4.69) is 32.0 Å². The summed E-state index contributed by atoms with van der Waals surface area (Å²) in [5, 5.41) is 8.80. The largest absolute Gasteiger partial charge is 0.303 e. The van der Waals surface area contributed by atoms with Crippen LogP contribution in [-0.2, 0) is 10.0 Å². The molecule has 0 aromatic carbocycles. The van der Waals surface area contributed by atoms with Gasteiger partial charge in [0.15, 0.2) is 5.03 Å². The first-order chi connectivity index (χ1) is 16.5. The molecule has 34 heavy (non-hydrogen) atoms. The van der Waals surface area contributed by atoms with Gasteiger partial charge in [0.2, 0.25) is 0 Å². The summed E-state index contributed by atoms with van der Waals surface area (Å²) in [6.07, 6.45) is 12.2. The number of pyridine rings is 2. The minimum Gasteiger partial charge on any atom is -0.303 e. The first-order valence-electron chi connectivity index (χ1n) is 11.3. The molecule has 0 saturated carbocycles. The van der Waals surface area contributed by atoms with Gasteiger partial charge >= 0.3 is 10.0 Å². The van der Waals surface area contributed by atoms with E-state index in [1.165, 1.54) is 16.8 Å². The van der Waals surface area contributed by atoms with Crippen molar-refractivity contribution < 1.29 is 8.42 Å². The summed E-state index contributed by atoms with van der Waals surface area (Å²) in [4.78, 5) is 11.1. The van der Waals surface area contributed by atoms with Crippen LogP contribution in [0.15, 0.2) is 66.5 Å². The Morgan fingerprint density at radius 3 is 2.68 bits per heavy atom. The third-order valence-electron chi connectivity index (χ3n) is 6.58. The lowest BCUT2D eigenvalue weighted by atomic mass is 10.1. The Morgan fingerprint density at radius 2 is 1.85 bits per heavy atom. The van der Waals surface area contributed by atoms with Crippen molar-refractivity contribution in [2.24, 2.45) is 0 Å². The zero-order chi connectivity index (χ0) is 23.3. The van der Waals surface area contributed by atoms with Crippen molar-refractivity contribution in [3.8, 4) is 11.1 Å². The maximum Gasteiger partial charge on any atom is 0.301 e. The average Bonchev–Trinajstić information content (AvgIpc) is 3.62. The average molecular weight is 477 g/mol. The Kier molecular flexibility index (Phi) is 4.96. The first-order valence-corrected chi connectivity index (χ1v) is 12.8. The number of nitrogens with zero attached hydrogens (tertiary/aromatic N) is 8. The summed E-state index contributed by atoms with van der Waals surface area (Å²) in [5.41, 5.74) is 3.15. The lowest BCUT2D eigenvalue weighted by Gasteiger charge is -2.31. The molecule has 6 heterocycles. The van der Waals surface area contributed by atoms with E-state index in [4.69, 9.17) is 0 Å². The zero-order valence-corrected chi connectivity index (χ0v) is 19.5. The molecule has 1 fully saturated rings.